The molecule has 1 aliphatic rings. The SMILES string of the molecule is CN(Cl)[C@@H]1CCCC(F)(F)[C@H]1O. The molecule has 2 nitrogen and oxygen atoms in total. The summed E-state index contributed by atoms with van der Waals surface area (Å²) in [6.45, 7) is 0. The van der Waals surface area contributed by atoms with E-state index in [0.717, 1.165) is 4.42 Å². The topological polar surface area (TPSA) is 23.5 Å². The first kappa shape index (κ1) is 10.2. The van der Waals surface area contributed by atoms with Gasteiger partial charge in [-0.2, -0.15) is 0 Å². The molecule has 0 aromatic heterocycles. The zero-order valence-corrected chi connectivity index (χ0v) is 7.56. The largest absolute Gasteiger partial charge is 0.385 e. The Labute approximate surface area is 75.2 Å². The third-order valence-electron chi connectivity index (χ3n) is 2.26. The fraction of sp³-hybridized carbons (Fsp3) is 1.00. The number of alkyl halides is 2. The zero-order chi connectivity index (χ0) is 9.35. The Morgan fingerprint density at radius 3 is 2.58 bits per heavy atom. The maximum Gasteiger partial charge on any atom is 0.275 e. The average Bonchev–Trinajstić information content (AvgIpc) is 1.94. The molecule has 5 heteroatoms. The summed E-state index contributed by atoms with van der Waals surface area (Å²) < 4.78 is 26.9. The summed E-state index contributed by atoms with van der Waals surface area (Å²) >= 11 is 5.52. The average molecular weight is 200 g/mol. The van der Waals surface area contributed by atoms with Crippen LogP contribution in [-0.4, -0.2) is 34.6 Å². The van der Waals surface area contributed by atoms with E-state index in [9.17, 15) is 13.9 Å². The van der Waals surface area contributed by atoms with E-state index in [0.29, 0.717) is 12.8 Å². The number of aliphatic hydroxyl groups excluding tert-OH is 1. The fourth-order valence-electron chi connectivity index (χ4n) is 1.51. The van der Waals surface area contributed by atoms with Gasteiger partial charge in [-0.15, -0.1) is 0 Å². The summed E-state index contributed by atoms with van der Waals surface area (Å²) in [6, 6.07) is -0.629. The van der Waals surface area contributed by atoms with Gasteiger partial charge in [0.05, 0.1) is 6.04 Å². The van der Waals surface area contributed by atoms with Gasteiger partial charge in [0, 0.05) is 13.5 Å². The minimum absolute atomic E-state index is 0.241. The molecule has 0 spiro atoms. The van der Waals surface area contributed by atoms with Gasteiger partial charge in [0.1, 0.15) is 6.10 Å². The first-order valence-corrected chi connectivity index (χ1v) is 4.23. The number of rotatable bonds is 1. The van der Waals surface area contributed by atoms with E-state index in [1.165, 1.54) is 7.05 Å². The summed E-state index contributed by atoms with van der Waals surface area (Å²) in [5, 5.41) is 9.19. The van der Waals surface area contributed by atoms with Crippen molar-refractivity contribution in [2.75, 3.05) is 7.05 Å². The normalized spacial score (nSPS) is 35.5. The molecule has 1 fully saturated rings. The third-order valence-corrected chi connectivity index (χ3v) is 2.51. The van der Waals surface area contributed by atoms with E-state index in [2.05, 4.69) is 0 Å². The van der Waals surface area contributed by atoms with Gasteiger partial charge in [0.15, 0.2) is 0 Å². The van der Waals surface area contributed by atoms with Crippen molar-refractivity contribution < 1.29 is 13.9 Å². The van der Waals surface area contributed by atoms with E-state index in [1.54, 1.807) is 0 Å². The highest BCUT2D eigenvalue weighted by Crippen LogP contribution is 2.35. The second-order valence-electron chi connectivity index (χ2n) is 3.19. The van der Waals surface area contributed by atoms with Crippen molar-refractivity contribution in [1.82, 2.24) is 4.42 Å². The maximum absolute atomic E-state index is 12.9. The molecule has 1 N–H and O–H groups in total. The van der Waals surface area contributed by atoms with Crippen molar-refractivity contribution in [2.45, 2.75) is 37.3 Å². The van der Waals surface area contributed by atoms with Gasteiger partial charge in [-0.3, -0.25) is 0 Å². The van der Waals surface area contributed by atoms with Crippen molar-refractivity contribution in [3.63, 3.8) is 0 Å². The molecule has 0 heterocycles. The Balaban J connectivity index is 2.66. The Bertz CT molecular complexity index is 165. The van der Waals surface area contributed by atoms with Crippen molar-refractivity contribution in [3.05, 3.63) is 0 Å². The monoisotopic (exact) mass is 199 g/mol. The highest BCUT2D eigenvalue weighted by atomic mass is 35.5. The lowest BCUT2D eigenvalue weighted by Crippen LogP contribution is -2.50. The molecule has 0 aromatic carbocycles. The fourth-order valence-corrected chi connectivity index (χ4v) is 1.71. The van der Waals surface area contributed by atoms with E-state index < -0.39 is 18.1 Å². The molecular formula is C7H12ClF2NO. The second kappa shape index (κ2) is 3.44. The van der Waals surface area contributed by atoms with Crippen LogP contribution in [-0.2, 0) is 0 Å². The molecule has 0 bridgehead atoms. The predicted molar refractivity (Wildman–Crippen MR) is 42.2 cm³/mol. The van der Waals surface area contributed by atoms with Crippen molar-refractivity contribution >= 4 is 11.8 Å². The molecule has 0 aliphatic heterocycles. The van der Waals surface area contributed by atoms with E-state index in [4.69, 9.17) is 11.8 Å². The van der Waals surface area contributed by atoms with Crippen LogP contribution in [0.2, 0.25) is 0 Å². The lowest BCUT2D eigenvalue weighted by Gasteiger charge is -2.36. The molecule has 0 unspecified atom stereocenters. The summed E-state index contributed by atoms with van der Waals surface area (Å²) in [6.07, 6.45) is -0.938. The third kappa shape index (κ3) is 1.87. The van der Waals surface area contributed by atoms with Crippen LogP contribution in [0.3, 0.4) is 0 Å². The number of hydrogen-bond acceptors (Lipinski definition) is 2. The highest BCUT2D eigenvalue weighted by Gasteiger charge is 2.47. The van der Waals surface area contributed by atoms with Crippen LogP contribution in [0.1, 0.15) is 19.3 Å². The number of nitrogens with zero attached hydrogens (tertiary/aromatic N) is 1. The van der Waals surface area contributed by atoms with Crippen LogP contribution < -0.4 is 0 Å². The first-order chi connectivity index (χ1) is 5.45. The summed E-state index contributed by atoms with van der Waals surface area (Å²) in [4.78, 5) is 0. The van der Waals surface area contributed by atoms with Crippen LogP contribution >= 0.6 is 11.8 Å². The van der Waals surface area contributed by atoms with E-state index in [-0.39, 0.29) is 6.42 Å². The molecule has 0 amide bonds. The van der Waals surface area contributed by atoms with Gasteiger partial charge in [0.25, 0.3) is 5.92 Å². The van der Waals surface area contributed by atoms with Crippen LogP contribution in [0.5, 0.6) is 0 Å². The van der Waals surface area contributed by atoms with Crippen molar-refractivity contribution in [1.29, 1.82) is 0 Å². The van der Waals surface area contributed by atoms with Crippen LogP contribution in [0.25, 0.3) is 0 Å². The predicted octanol–water partition coefficient (Wildman–Crippen LogP) is 1.62. The first-order valence-electron chi connectivity index (χ1n) is 3.89. The van der Waals surface area contributed by atoms with E-state index in [1.807, 2.05) is 0 Å². The molecule has 0 saturated heterocycles. The molecule has 1 saturated carbocycles. The minimum atomic E-state index is -2.98. The summed E-state index contributed by atoms with van der Waals surface area (Å²) in [7, 11) is 1.48. The van der Waals surface area contributed by atoms with Crippen molar-refractivity contribution in [2.24, 2.45) is 0 Å². The molecule has 0 radical (unpaired) electrons. The Hall–Kier alpha value is 0.0700. The standard InChI is InChI=1S/C7H12ClF2NO/c1-11(8)5-3-2-4-7(9,10)6(5)12/h5-6,12H,2-4H2,1H3/t5-,6+/m1/s1. The lowest BCUT2D eigenvalue weighted by molar-refractivity contribution is -0.151. The lowest BCUT2D eigenvalue weighted by atomic mass is 9.89. The number of halogens is 3. The number of hydrogen-bond donors (Lipinski definition) is 1. The number of aliphatic hydroxyl groups is 1. The molecule has 0 aromatic rings. The Morgan fingerprint density at radius 1 is 1.58 bits per heavy atom. The molecule has 12 heavy (non-hydrogen) atoms. The van der Waals surface area contributed by atoms with Crippen LogP contribution in [0.15, 0.2) is 0 Å². The summed E-state index contributed by atoms with van der Waals surface area (Å²) in [5.41, 5.74) is 0. The smallest absolute Gasteiger partial charge is 0.275 e. The van der Waals surface area contributed by atoms with Gasteiger partial charge in [0.2, 0.25) is 0 Å². The molecular weight excluding hydrogens is 188 g/mol. The van der Waals surface area contributed by atoms with Crippen LogP contribution in [0, 0.1) is 0 Å². The molecule has 2 atom stereocenters. The van der Waals surface area contributed by atoms with Gasteiger partial charge >= 0.3 is 0 Å². The summed E-state index contributed by atoms with van der Waals surface area (Å²) in [5.74, 6) is -2.98. The Morgan fingerprint density at radius 2 is 2.17 bits per heavy atom. The highest BCUT2D eigenvalue weighted by molar-refractivity contribution is 6.13. The molecule has 1 rings (SSSR count). The van der Waals surface area contributed by atoms with Crippen molar-refractivity contribution in [3.8, 4) is 0 Å². The number of likely N-dealkylation sites (N-methyl/N-ethyl adjacent to an activating group) is 1. The second-order valence-corrected chi connectivity index (χ2v) is 3.72. The minimum Gasteiger partial charge on any atom is -0.385 e. The quantitative estimate of drug-likeness (QED) is 0.649. The van der Waals surface area contributed by atoms with Gasteiger partial charge < -0.3 is 5.11 Å². The van der Waals surface area contributed by atoms with E-state index >= 15 is 0 Å². The zero-order valence-electron chi connectivity index (χ0n) is 6.80. The maximum atomic E-state index is 12.9. The molecule has 72 valence electrons. The Kier molecular flexibility index (Phi) is 2.91. The van der Waals surface area contributed by atoms with Crippen LogP contribution in [0.4, 0.5) is 8.78 Å². The van der Waals surface area contributed by atoms with Gasteiger partial charge in [-0.1, -0.05) is 0 Å². The van der Waals surface area contributed by atoms with Gasteiger partial charge in [-0.05, 0) is 24.6 Å². The molecule has 1 aliphatic carbocycles. The van der Waals surface area contributed by atoms with Gasteiger partial charge in [-0.25, -0.2) is 13.2 Å².